The molecule has 21 heavy (non-hydrogen) atoms. The monoisotopic (exact) mass is 271 g/mol. The second kappa shape index (κ2) is 5.28. The summed E-state index contributed by atoms with van der Waals surface area (Å²) in [6.45, 7) is 0. The highest BCUT2D eigenvalue weighted by Crippen LogP contribution is 2.26. The zero-order valence-electron chi connectivity index (χ0n) is 10.9. The molecule has 0 aliphatic heterocycles. The van der Waals surface area contributed by atoms with Crippen molar-refractivity contribution in [3.8, 4) is 34.5 Å². The van der Waals surface area contributed by atoms with Crippen LogP contribution in [0.4, 0.5) is 0 Å². The Hall–Kier alpha value is -3.44. The number of rotatable bonds is 2. The van der Waals surface area contributed by atoms with Crippen molar-refractivity contribution in [1.29, 1.82) is 10.5 Å². The minimum Gasteiger partial charge on any atom is -0.196 e. The summed E-state index contributed by atoms with van der Waals surface area (Å²) in [6, 6.07) is 19.1. The molecule has 0 spiro atoms. The average Bonchev–Trinajstić information content (AvgIpc) is 3.04. The van der Waals surface area contributed by atoms with Gasteiger partial charge in [-0.3, -0.25) is 0 Å². The van der Waals surface area contributed by atoms with E-state index in [0.717, 1.165) is 16.7 Å². The first-order chi connectivity index (χ1) is 10.3. The van der Waals surface area contributed by atoms with Crippen LogP contribution in [0.2, 0.25) is 0 Å². The van der Waals surface area contributed by atoms with Gasteiger partial charge < -0.3 is 0 Å². The molecule has 0 atom stereocenters. The zero-order valence-corrected chi connectivity index (χ0v) is 10.9. The molecule has 0 amide bonds. The molecule has 0 saturated heterocycles. The summed E-state index contributed by atoms with van der Waals surface area (Å²) in [7, 11) is 0. The molecule has 3 rings (SSSR count). The number of aromatic amines is 1. The number of H-pyrrole nitrogens is 1. The van der Waals surface area contributed by atoms with Gasteiger partial charge in [0.25, 0.3) is 0 Å². The molecule has 0 radical (unpaired) electrons. The van der Waals surface area contributed by atoms with E-state index in [2.05, 4.69) is 21.5 Å². The molecule has 1 heterocycles. The van der Waals surface area contributed by atoms with E-state index in [-0.39, 0.29) is 5.69 Å². The van der Waals surface area contributed by atoms with Gasteiger partial charge in [-0.1, -0.05) is 30.3 Å². The van der Waals surface area contributed by atoms with Crippen molar-refractivity contribution in [1.82, 2.24) is 15.4 Å². The molecule has 0 unspecified atom stereocenters. The lowest BCUT2D eigenvalue weighted by Gasteiger charge is -2.04. The first-order valence-corrected chi connectivity index (χ1v) is 6.23. The largest absolute Gasteiger partial charge is 0.196 e. The maximum absolute atomic E-state index is 9.01. The number of benzene rings is 2. The number of aromatic nitrogens is 3. The van der Waals surface area contributed by atoms with Gasteiger partial charge in [-0.25, -0.2) is 0 Å². The zero-order chi connectivity index (χ0) is 14.7. The van der Waals surface area contributed by atoms with Crippen LogP contribution in [0.25, 0.3) is 22.4 Å². The maximum atomic E-state index is 9.01. The van der Waals surface area contributed by atoms with Gasteiger partial charge in [0.1, 0.15) is 11.8 Å². The molecule has 2 aromatic carbocycles. The predicted octanol–water partition coefficient (Wildman–Crippen LogP) is 2.88. The van der Waals surface area contributed by atoms with E-state index in [4.69, 9.17) is 10.5 Å². The van der Waals surface area contributed by atoms with Gasteiger partial charge in [0.2, 0.25) is 0 Å². The summed E-state index contributed by atoms with van der Waals surface area (Å²) in [6.07, 6.45) is 0. The predicted molar refractivity (Wildman–Crippen MR) is 76.7 cm³/mol. The number of nitriles is 2. The van der Waals surface area contributed by atoms with Crippen LogP contribution in [0.3, 0.4) is 0 Å². The van der Waals surface area contributed by atoms with Gasteiger partial charge in [-0.05, 0) is 29.3 Å². The quantitative estimate of drug-likeness (QED) is 0.776. The molecule has 0 bridgehead atoms. The third kappa shape index (κ3) is 2.36. The van der Waals surface area contributed by atoms with E-state index < -0.39 is 0 Å². The third-order valence-corrected chi connectivity index (χ3v) is 3.14. The number of nitrogens with zero attached hydrogens (tertiary/aromatic N) is 4. The lowest BCUT2D eigenvalue weighted by Crippen LogP contribution is -1.85. The van der Waals surface area contributed by atoms with Crippen LogP contribution in [0.1, 0.15) is 11.3 Å². The summed E-state index contributed by atoms with van der Waals surface area (Å²) in [4.78, 5) is 0. The molecule has 1 aromatic heterocycles. The fraction of sp³-hybridized carbons (Fsp3) is 0. The lowest BCUT2D eigenvalue weighted by molar-refractivity contribution is 0.937. The first-order valence-electron chi connectivity index (χ1n) is 6.23. The van der Waals surface area contributed by atoms with Crippen molar-refractivity contribution in [2.45, 2.75) is 0 Å². The summed E-state index contributed by atoms with van der Waals surface area (Å²) in [5.74, 6) is 0. The topological polar surface area (TPSA) is 89.2 Å². The summed E-state index contributed by atoms with van der Waals surface area (Å²) in [5.41, 5.74) is 4.24. The van der Waals surface area contributed by atoms with Crippen LogP contribution >= 0.6 is 0 Å². The van der Waals surface area contributed by atoms with Gasteiger partial charge in [0, 0.05) is 5.56 Å². The van der Waals surface area contributed by atoms with Crippen LogP contribution in [-0.4, -0.2) is 15.4 Å². The highest BCUT2D eigenvalue weighted by atomic mass is 15.3. The van der Waals surface area contributed by atoms with E-state index in [1.165, 1.54) is 0 Å². The molecule has 5 nitrogen and oxygen atoms in total. The number of hydrogen-bond acceptors (Lipinski definition) is 4. The van der Waals surface area contributed by atoms with E-state index in [1.54, 1.807) is 12.1 Å². The second-order valence-electron chi connectivity index (χ2n) is 4.40. The molecule has 0 aliphatic carbocycles. The SMILES string of the molecule is N#Cc1ccc(-c2cccc(-c3n[nH]nc3C#N)c2)cc1. The molecular weight excluding hydrogens is 262 g/mol. The van der Waals surface area contributed by atoms with Crippen LogP contribution in [-0.2, 0) is 0 Å². The third-order valence-electron chi connectivity index (χ3n) is 3.14. The van der Waals surface area contributed by atoms with Gasteiger partial charge >= 0.3 is 0 Å². The van der Waals surface area contributed by atoms with Crippen LogP contribution < -0.4 is 0 Å². The Morgan fingerprint density at radius 2 is 1.57 bits per heavy atom. The van der Waals surface area contributed by atoms with E-state index in [0.29, 0.717) is 11.3 Å². The van der Waals surface area contributed by atoms with Crippen molar-refractivity contribution in [2.75, 3.05) is 0 Å². The van der Waals surface area contributed by atoms with Crippen LogP contribution in [0, 0.1) is 22.7 Å². The van der Waals surface area contributed by atoms with Gasteiger partial charge in [0.15, 0.2) is 5.69 Å². The molecule has 0 aliphatic rings. The summed E-state index contributed by atoms with van der Waals surface area (Å²) >= 11 is 0. The molecule has 1 N–H and O–H groups in total. The van der Waals surface area contributed by atoms with Crippen molar-refractivity contribution in [2.24, 2.45) is 0 Å². The average molecular weight is 271 g/mol. The van der Waals surface area contributed by atoms with Gasteiger partial charge in [0.05, 0.1) is 11.6 Å². The van der Waals surface area contributed by atoms with Crippen molar-refractivity contribution < 1.29 is 0 Å². The normalized spacial score (nSPS) is 9.81. The van der Waals surface area contributed by atoms with E-state index in [1.807, 2.05) is 42.5 Å². The number of hydrogen-bond donors (Lipinski definition) is 1. The minimum absolute atomic E-state index is 0.270. The van der Waals surface area contributed by atoms with Crippen molar-refractivity contribution >= 4 is 0 Å². The van der Waals surface area contributed by atoms with Crippen molar-refractivity contribution in [3.63, 3.8) is 0 Å². The van der Waals surface area contributed by atoms with Gasteiger partial charge in [-0.15, -0.1) is 5.10 Å². The second-order valence-corrected chi connectivity index (χ2v) is 4.40. The molecule has 0 saturated carbocycles. The Morgan fingerprint density at radius 1 is 0.810 bits per heavy atom. The highest BCUT2D eigenvalue weighted by Gasteiger charge is 2.10. The Labute approximate surface area is 121 Å². The Bertz CT molecular complexity index is 863. The number of nitrogens with one attached hydrogen (secondary N) is 1. The van der Waals surface area contributed by atoms with Crippen LogP contribution in [0.5, 0.6) is 0 Å². The molecule has 3 aromatic rings. The summed E-state index contributed by atoms with van der Waals surface area (Å²) < 4.78 is 0. The van der Waals surface area contributed by atoms with E-state index >= 15 is 0 Å². The fourth-order valence-corrected chi connectivity index (χ4v) is 2.09. The van der Waals surface area contributed by atoms with Crippen molar-refractivity contribution in [3.05, 3.63) is 59.8 Å². The first kappa shape index (κ1) is 12.6. The molecular formula is C16H9N5. The van der Waals surface area contributed by atoms with Crippen LogP contribution in [0.15, 0.2) is 48.5 Å². The fourth-order valence-electron chi connectivity index (χ4n) is 2.09. The summed E-state index contributed by atoms with van der Waals surface area (Å²) in [5, 5.41) is 28.1. The van der Waals surface area contributed by atoms with Gasteiger partial charge in [-0.2, -0.15) is 20.8 Å². The van der Waals surface area contributed by atoms with E-state index in [9.17, 15) is 0 Å². The smallest absolute Gasteiger partial charge is 0.190 e. The maximum Gasteiger partial charge on any atom is 0.190 e. The standard InChI is InChI=1S/C16H9N5/c17-9-11-4-6-12(7-5-11)13-2-1-3-14(8-13)16-15(10-18)19-21-20-16/h1-8H,(H,19,20,21). The molecule has 0 fully saturated rings. The lowest BCUT2D eigenvalue weighted by atomic mass is 10.0. The Kier molecular flexibility index (Phi) is 3.16. The Morgan fingerprint density at radius 3 is 2.29 bits per heavy atom. The molecule has 5 heteroatoms. The minimum atomic E-state index is 0.270. The molecule has 98 valence electrons. The highest BCUT2D eigenvalue weighted by molar-refractivity contribution is 5.73. The Balaban J connectivity index is 2.04.